The lowest BCUT2D eigenvalue weighted by Gasteiger charge is -2.31. The summed E-state index contributed by atoms with van der Waals surface area (Å²) in [6, 6.07) is 6.20. The Bertz CT molecular complexity index is 489. The fourth-order valence-corrected chi connectivity index (χ4v) is 2.23. The lowest BCUT2D eigenvalue weighted by Crippen LogP contribution is -2.44. The van der Waals surface area contributed by atoms with Crippen molar-refractivity contribution in [3.63, 3.8) is 0 Å². The van der Waals surface area contributed by atoms with Gasteiger partial charge >= 0.3 is 11.9 Å². The predicted octanol–water partition coefficient (Wildman–Crippen LogP) is 2.84. The van der Waals surface area contributed by atoms with Crippen molar-refractivity contribution in [3.8, 4) is 0 Å². The topological polar surface area (TPSA) is 26.1 Å². The van der Waals surface area contributed by atoms with Gasteiger partial charge in [-0.25, -0.2) is 0 Å². The summed E-state index contributed by atoms with van der Waals surface area (Å²) < 4.78 is 38.6. The molecule has 0 unspecified atom stereocenters. The number of fused-ring (bicyclic) bond motifs is 1. The molecule has 92 valence electrons. The molecule has 17 heavy (non-hydrogen) atoms. The highest BCUT2D eigenvalue weighted by molar-refractivity contribution is 6.03. The molecule has 0 N–H and O–H groups in total. The van der Waals surface area contributed by atoms with E-state index in [9.17, 15) is 18.4 Å². The molecule has 0 amide bonds. The molecule has 1 heterocycles. The third-order valence-corrected chi connectivity index (χ3v) is 2.97. The first-order chi connectivity index (χ1) is 7.73. The third kappa shape index (κ3) is 1.90. The fourth-order valence-electron chi connectivity index (χ4n) is 2.23. The van der Waals surface area contributed by atoms with Gasteiger partial charge in [-0.05, 0) is 25.5 Å². The lowest BCUT2D eigenvalue weighted by atomic mass is 9.78. The highest BCUT2D eigenvalue weighted by Crippen LogP contribution is 2.35. The van der Waals surface area contributed by atoms with E-state index in [0.29, 0.717) is 5.56 Å². The molecule has 1 aromatic carbocycles. The zero-order chi connectivity index (χ0) is 12.8. The molecule has 0 aliphatic carbocycles. The second-order valence-electron chi connectivity index (χ2n) is 4.81. The van der Waals surface area contributed by atoms with E-state index in [2.05, 4.69) is 0 Å². The van der Waals surface area contributed by atoms with Crippen LogP contribution in [-0.2, 0) is 5.41 Å². The van der Waals surface area contributed by atoms with E-state index in [4.69, 9.17) is 0 Å². The van der Waals surface area contributed by atoms with Crippen LogP contribution in [0.5, 0.6) is 0 Å². The minimum absolute atomic E-state index is 0.00810. The monoisotopic (exact) mass is 243 g/mol. The van der Waals surface area contributed by atoms with Crippen LogP contribution in [0.25, 0.3) is 0 Å². The van der Waals surface area contributed by atoms with E-state index in [1.165, 1.54) is 12.1 Å². The number of rotatable bonds is 0. The molecule has 0 aromatic heterocycles. The van der Waals surface area contributed by atoms with Crippen molar-refractivity contribution in [1.29, 1.82) is 0 Å². The normalized spacial score (nSPS) is 19.1. The molecular formula is C12H12F3NO. The van der Waals surface area contributed by atoms with Crippen LogP contribution < -0.4 is 0 Å². The summed E-state index contributed by atoms with van der Waals surface area (Å²) in [4.78, 5) is 0. The summed E-state index contributed by atoms with van der Waals surface area (Å²) in [7, 11) is 0. The van der Waals surface area contributed by atoms with Gasteiger partial charge in [0.25, 0.3) is 0 Å². The summed E-state index contributed by atoms with van der Waals surface area (Å²) in [5, 5.41) is 11.6. The number of halogens is 3. The molecule has 0 fully saturated rings. The van der Waals surface area contributed by atoms with Crippen molar-refractivity contribution in [2.45, 2.75) is 25.4 Å². The van der Waals surface area contributed by atoms with E-state index in [1.54, 1.807) is 26.0 Å². The zero-order valence-corrected chi connectivity index (χ0v) is 9.51. The molecule has 0 bridgehead atoms. The van der Waals surface area contributed by atoms with Crippen molar-refractivity contribution in [3.05, 3.63) is 40.6 Å². The molecule has 2 nitrogen and oxygen atoms in total. The Labute approximate surface area is 97.0 Å². The maximum Gasteiger partial charge on any atom is 0.478 e. The lowest BCUT2D eigenvalue weighted by molar-refractivity contribution is -0.478. The van der Waals surface area contributed by atoms with E-state index >= 15 is 0 Å². The second kappa shape index (κ2) is 3.48. The van der Waals surface area contributed by atoms with Gasteiger partial charge in [0.2, 0.25) is 0 Å². The largest absolute Gasteiger partial charge is 0.623 e. The van der Waals surface area contributed by atoms with Gasteiger partial charge in [0.1, 0.15) is 0 Å². The van der Waals surface area contributed by atoms with Crippen molar-refractivity contribution < 1.29 is 17.9 Å². The van der Waals surface area contributed by atoms with Crippen LogP contribution in [-0.4, -0.2) is 23.2 Å². The predicted molar refractivity (Wildman–Crippen MR) is 58.1 cm³/mol. The maximum atomic E-state index is 12.8. The van der Waals surface area contributed by atoms with Crippen molar-refractivity contribution in [1.82, 2.24) is 0 Å². The zero-order valence-electron chi connectivity index (χ0n) is 9.51. The standard InChI is InChI=1S/C12H12F3NO/c1-11(2)7-16(17)10(12(13,14)15)8-5-3-4-6-9(8)11/h3-6H,7H2,1-2H3. The van der Waals surface area contributed by atoms with E-state index < -0.39 is 17.3 Å². The van der Waals surface area contributed by atoms with Crippen LogP contribution in [0.4, 0.5) is 13.2 Å². The highest BCUT2D eigenvalue weighted by atomic mass is 19.4. The van der Waals surface area contributed by atoms with Gasteiger partial charge in [-0.3, -0.25) is 0 Å². The minimum atomic E-state index is -4.62. The van der Waals surface area contributed by atoms with Crippen molar-refractivity contribution in [2.75, 3.05) is 6.54 Å². The van der Waals surface area contributed by atoms with Crippen LogP contribution in [0, 0.1) is 5.21 Å². The number of hydroxylamine groups is 1. The molecular weight excluding hydrogens is 231 g/mol. The van der Waals surface area contributed by atoms with Gasteiger partial charge in [0.05, 0.1) is 11.0 Å². The van der Waals surface area contributed by atoms with Gasteiger partial charge in [-0.1, -0.05) is 18.2 Å². The SMILES string of the molecule is CC1(C)C[N+]([O-])=C(C(F)(F)F)c2ccccc21. The van der Waals surface area contributed by atoms with Crippen LogP contribution >= 0.6 is 0 Å². The Morgan fingerprint density at radius 2 is 1.82 bits per heavy atom. The summed E-state index contributed by atoms with van der Waals surface area (Å²) in [6.07, 6.45) is -4.62. The van der Waals surface area contributed by atoms with E-state index in [1.807, 2.05) is 0 Å². The molecule has 0 saturated carbocycles. The summed E-state index contributed by atoms with van der Waals surface area (Å²) in [5.41, 5.74) is -1.11. The van der Waals surface area contributed by atoms with Gasteiger partial charge in [0.15, 0.2) is 6.54 Å². The number of alkyl halides is 3. The molecule has 0 atom stereocenters. The first-order valence-electron chi connectivity index (χ1n) is 5.22. The molecule has 5 heteroatoms. The number of hydrogen-bond donors (Lipinski definition) is 0. The Balaban J connectivity index is 2.71. The third-order valence-electron chi connectivity index (χ3n) is 2.97. The number of benzene rings is 1. The average Bonchev–Trinajstić information content (AvgIpc) is 2.14. The second-order valence-corrected chi connectivity index (χ2v) is 4.81. The summed E-state index contributed by atoms with van der Waals surface area (Å²) >= 11 is 0. The Kier molecular flexibility index (Phi) is 2.45. The van der Waals surface area contributed by atoms with Crippen LogP contribution in [0.15, 0.2) is 24.3 Å². The summed E-state index contributed by atoms with van der Waals surface area (Å²) in [5.74, 6) is 0. The minimum Gasteiger partial charge on any atom is -0.623 e. The van der Waals surface area contributed by atoms with Crippen LogP contribution in [0.2, 0.25) is 0 Å². The summed E-state index contributed by atoms with van der Waals surface area (Å²) in [6.45, 7) is 3.35. The van der Waals surface area contributed by atoms with E-state index in [-0.39, 0.29) is 16.8 Å². The van der Waals surface area contributed by atoms with Gasteiger partial charge < -0.3 is 5.21 Å². The van der Waals surface area contributed by atoms with Crippen molar-refractivity contribution >= 4 is 5.71 Å². The first-order valence-corrected chi connectivity index (χ1v) is 5.22. The smallest absolute Gasteiger partial charge is 0.478 e. The van der Waals surface area contributed by atoms with Crippen molar-refractivity contribution in [2.24, 2.45) is 0 Å². The Morgan fingerprint density at radius 3 is 2.41 bits per heavy atom. The molecule has 1 aliphatic rings. The average molecular weight is 243 g/mol. The molecule has 1 aromatic rings. The molecule has 2 rings (SSSR count). The Hall–Kier alpha value is -1.52. The highest BCUT2D eigenvalue weighted by Gasteiger charge is 2.49. The first kappa shape index (κ1) is 12.0. The maximum absolute atomic E-state index is 12.8. The Morgan fingerprint density at radius 1 is 1.24 bits per heavy atom. The van der Waals surface area contributed by atoms with E-state index in [0.717, 1.165) is 0 Å². The molecule has 0 radical (unpaired) electrons. The number of hydrogen-bond acceptors (Lipinski definition) is 1. The van der Waals surface area contributed by atoms with Crippen LogP contribution in [0.3, 0.4) is 0 Å². The number of nitrogens with zero attached hydrogens (tertiary/aromatic N) is 1. The quantitative estimate of drug-likeness (QED) is 0.508. The molecule has 0 spiro atoms. The van der Waals surface area contributed by atoms with Gasteiger partial charge in [-0.2, -0.15) is 17.9 Å². The molecule has 1 aliphatic heterocycles. The van der Waals surface area contributed by atoms with Crippen LogP contribution in [0.1, 0.15) is 25.0 Å². The molecule has 0 saturated heterocycles. The van der Waals surface area contributed by atoms with Gasteiger partial charge in [0, 0.05) is 0 Å². The fraction of sp³-hybridized carbons (Fsp3) is 0.417. The van der Waals surface area contributed by atoms with Gasteiger partial charge in [-0.15, -0.1) is 0 Å².